The molecule has 70 valence electrons. The monoisotopic (exact) mass is 169 g/mol. The molecule has 0 amide bonds. The average Bonchev–Trinajstić information content (AvgIpc) is 2.31. The topological polar surface area (TPSA) is 23.5 Å². The number of hydrogen-bond acceptors (Lipinski definition) is 2. The van der Waals surface area contributed by atoms with Gasteiger partial charge >= 0.3 is 0 Å². The fourth-order valence-electron chi connectivity index (χ4n) is 2.46. The molecule has 0 saturated heterocycles. The minimum atomic E-state index is -0.0457. The van der Waals surface area contributed by atoms with Crippen molar-refractivity contribution >= 4 is 0 Å². The van der Waals surface area contributed by atoms with Crippen molar-refractivity contribution in [1.82, 2.24) is 4.90 Å². The predicted octanol–water partition coefficient (Wildman–Crippen LogP) is 1.38. The SMILES string of the molecule is CN(C1CCC1)[C@@H]1CCC[C@H]1O. The molecule has 2 aliphatic carbocycles. The molecule has 0 unspecified atom stereocenters. The molecular formula is C10H19NO. The standard InChI is InChI=1S/C10H19NO/c1-11(8-4-2-5-8)9-6-3-7-10(9)12/h8-10,12H,2-7H2,1H3/t9-,10-/m1/s1. The quantitative estimate of drug-likeness (QED) is 0.675. The first-order chi connectivity index (χ1) is 5.79. The van der Waals surface area contributed by atoms with Crippen LogP contribution >= 0.6 is 0 Å². The summed E-state index contributed by atoms with van der Waals surface area (Å²) in [6.45, 7) is 0. The van der Waals surface area contributed by atoms with Gasteiger partial charge in [0, 0.05) is 12.1 Å². The highest BCUT2D eigenvalue weighted by Gasteiger charge is 2.34. The highest BCUT2D eigenvalue weighted by atomic mass is 16.3. The molecule has 0 aliphatic heterocycles. The number of aliphatic hydroxyl groups is 1. The molecule has 0 aromatic rings. The maximum atomic E-state index is 9.69. The fourth-order valence-corrected chi connectivity index (χ4v) is 2.46. The zero-order valence-electron chi connectivity index (χ0n) is 7.87. The van der Waals surface area contributed by atoms with E-state index in [0.717, 1.165) is 12.5 Å². The van der Waals surface area contributed by atoms with E-state index >= 15 is 0 Å². The molecule has 2 fully saturated rings. The van der Waals surface area contributed by atoms with Crippen molar-refractivity contribution in [3.05, 3.63) is 0 Å². The second kappa shape index (κ2) is 3.35. The molecule has 12 heavy (non-hydrogen) atoms. The summed E-state index contributed by atoms with van der Waals surface area (Å²) in [5.74, 6) is 0. The lowest BCUT2D eigenvalue weighted by molar-refractivity contribution is 0.0369. The van der Waals surface area contributed by atoms with Crippen LogP contribution < -0.4 is 0 Å². The molecule has 2 atom stereocenters. The number of rotatable bonds is 2. The molecule has 2 heteroatoms. The minimum absolute atomic E-state index is 0.0457. The summed E-state index contributed by atoms with van der Waals surface area (Å²) < 4.78 is 0. The molecule has 0 spiro atoms. The molecule has 2 saturated carbocycles. The molecule has 0 bridgehead atoms. The zero-order valence-corrected chi connectivity index (χ0v) is 7.87. The number of likely N-dealkylation sites (N-methyl/N-ethyl adjacent to an activating group) is 1. The Labute approximate surface area is 74.6 Å². The van der Waals surface area contributed by atoms with Crippen molar-refractivity contribution in [3.8, 4) is 0 Å². The summed E-state index contributed by atoms with van der Waals surface area (Å²) in [5, 5.41) is 9.69. The lowest BCUT2D eigenvalue weighted by Crippen LogP contribution is -2.47. The highest BCUT2D eigenvalue weighted by Crippen LogP contribution is 2.31. The van der Waals surface area contributed by atoms with Crippen molar-refractivity contribution in [2.75, 3.05) is 7.05 Å². The first-order valence-corrected chi connectivity index (χ1v) is 5.19. The van der Waals surface area contributed by atoms with Gasteiger partial charge in [-0.25, -0.2) is 0 Å². The summed E-state index contributed by atoms with van der Waals surface area (Å²) in [4.78, 5) is 2.42. The van der Waals surface area contributed by atoms with E-state index in [1.54, 1.807) is 0 Å². The minimum Gasteiger partial charge on any atom is -0.391 e. The van der Waals surface area contributed by atoms with Gasteiger partial charge in [-0.15, -0.1) is 0 Å². The number of nitrogens with zero attached hydrogens (tertiary/aromatic N) is 1. The second-order valence-corrected chi connectivity index (χ2v) is 4.32. The van der Waals surface area contributed by atoms with Gasteiger partial charge in [-0.1, -0.05) is 6.42 Å². The summed E-state index contributed by atoms with van der Waals surface area (Å²) in [7, 11) is 2.18. The summed E-state index contributed by atoms with van der Waals surface area (Å²) in [5.41, 5.74) is 0. The van der Waals surface area contributed by atoms with Crippen LogP contribution in [0.15, 0.2) is 0 Å². The number of hydrogen-bond donors (Lipinski definition) is 1. The van der Waals surface area contributed by atoms with Gasteiger partial charge in [0.2, 0.25) is 0 Å². The highest BCUT2D eigenvalue weighted by molar-refractivity contribution is 4.89. The third-order valence-electron chi connectivity index (χ3n) is 3.62. The maximum absolute atomic E-state index is 9.69. The largest absolute Gasteiger partial charge is 0.391 e. The van der Waals surface area contributed by atoms with E-state index in [0.29, 0.717) is 6.04 Å². The Kier molecular flexibility index (Phi) is 2.37. The van der Waals surface area contributed by atoms with Crippen LogP contribution in [0.25, 0.3) is 0 Å². The molecule has 0 aromatic heterocycles. The van der Waals surface area contributed by atoms with E-state index < -0.39 is 0 Å². The lowest BCUT2D eigenvalue weighted by Gasteiger charge is -2.39. The van der Waals surface area contributed by atoms with Gasteiger partial charge in [0.25, 0.3) is 0 Å². The van der Waals surface area contributed by atoms with E-state index in [1.165, 1.54) is 32.1 Å². The normalized spacial score (nSPS) is 37.2. The maximum Gasteiger partial charge on any atom is 0.0695 e. The van der Waals surface area contributed by atoms with Crippen LogP contribution in [-0.4, -0.2) is 35.2 Å². The molecule has 0 aromatic carbocycles. The number of aliphatic hydroxyl groups excluding tert-OH is 1. The van der Waals surface area contributed by atoms with Crippen LogP contribution in [0.2, 0.25) is 0 Å². The molecular weight excluding hydrogens is 150 g/mol. The van der Waals surface area contributed by atoms with Gasteiger partial charge in [-0.2, -0.15) is 0 Å². The van der Waals surface area contributed by atoms with Crippen LogP contribution in [-0.2, 0) is 0 Å². The fraction of sp³-hybridized carbons (Fsp3) is 1.00. The van der Waals surface area contributed by atoms with E-state index in [4.69, 9.17) is 0 Å². The van der Waals surface area contributed by atoms with Crippen LogP contribution in [0, 0.1) is 0 Å². The summed E-state index contributed by atoms with van der Waals surface area (Å²) in [6.07, 6.45) is 7.46. The Morgan fingerprint density at radius 1 is 1.08 bits per heavy atom. The van der Waals surface area contributed by atoms with Crippen molar-refractivity contribution in [3.63, 3.8) is 0 Å². The zero-order chi connectivity index (χ0) is 8.55. The molecule has 0 radical (unpaired) electrons. The Morgan fingerprint density at radius 2 is 1.75 bits per heavy atom. The third kappa shape index (κ3) is 1.38. The van der Waals surface area contributed by atoms with Crippen LogP contribution in [0.1, 0.15) is 38.5 Å². The van der Waals surface area contributed by atoms with Gasteiger partial charge in [0.05, 0.1) is 6.10 Å². The van der Waals surface area contributed by atoms with E-state index in [9.17, 15) is 5.11 Å². The lowest BCUT2D eigenvalue weighted by atomic mass is 9.90. The van der Waals surface area contributed by atoms with Crippen LogP contribution in [0.3, 0.4) is 0 Å². The summed E-state index contributed by atoms with van der Waals surface area (Å²) in [6, 6.07) is 1.25. The van der Waals surface area contributed by atoms with Gasteiger partial charge in [0.1, 0.15) is 0 Å². The van der Waals surface area contributed by atoms with Crippen molar-refractivity contribution < 1.29 is 5.11 Å². The predicted molar refractivity (Wildman–Crippen MR) is 49.0 cm³/mol. The van der Waals surface area contributed by atoms with E-state index in [1.807, 2.05) is 0 Å². The van der Waals surface area contributed by atoms with E-state index in [2.05, 4.69) is 11.9 Å². The van der Waals surface area contributed by atoms with Crippen LogP contribution in [0.4, 0.5) is 0 Å². The van der Waals surface area contributed by atoms with Crippen molar-refractivity contribution in [1.29, 1.82) is 0 Å². The Hall–Kier alpha value is -0.0800. The van der Waals surface area contributed by atoms with Crippen molar-refractivity contribution in [2.24, 2.45) is 0 Å². The second-order valence-electron chi connectivity index (χ2n) is 4.32. The molecule has 2 nitrogen and oxygen atoms in total. The Balaban J connectivity index is 1.89. The summed E-state index contributed by atoms with van der Waals surface area (Å²) >= 11 is 0. The smallest absolute Gasteiger partial charge is 0.0695 e. The average molecular weight is 169 g/mol. The van der Waals surface area contributed by atoms with Gasteiger partial charge in [-0.05, 0) is 39.2 Å². The van der Waals surface area contributed by atoms with E-state index in [-0.39, 0.29) is 6.10 Å². The van der Waals surface area contributed by atoms with Gasteiger partial charge in [-0.3, -0.25) is 4.90 Å². The van der Waals surface area contributed by atoms with Crippen molar-refractivity contribution in [2.45, 2.75) is 56.7 Å². The van der Waals surface area contributed by atoms with Crippen LogP contribution in [0.5, 0.6) is 0 Å². The molecule has 2 aliphatic rings. The first-order valence-electron chi connectivity index (χ1n) is 5.19. The van der Waals surface area contributed by atoms with Gasteiger partial charge in [0.15, 0.2) is 0 Å². The Morgan fingerprint density at radius 3 is 2.17 bits per heavy atom. The van der Waals surface area contributed by atoms with Gasteiger partial charge < -0.3 is 5.11 Å². The molecule has 1 N–H and O–H groups in total. The molecule has 0 heterocycles. The Bertz CT molecular complexity index is 156. The first kappa shape index (κ1) is 8.52. The molecule has 2 rings (SSSR count). The third-order valence-corrected chi connectivity index (χ3v) is 3.62.